The number of ether oxygens (including phenoxy) is 2. The lowest BCUT2D eigenvalue weighted by molar-refractivity contribution is -0.119. The van der Waals surface area contributed by atoms with Crippen LogP contribution in [0.4, 0.5) is 5.69 Å². The van der Waals surface area contributed by atoms with Crippen molar-refractivity contribution in [3.8, 4) is 0 Å². The Bertz CT molecular complexity index is 761. The number of hydrogen-bond acceptors (Lipinski definition) is 6. The van der Waals surface area contributed by atoms with Crippen molar-refractivity contribution in [3.63, 3.8) is 0 Å². The van der Waals surface area contributed by atoms with E-state index in [9.17, 15) is 14.4 Å². The predicted octanol–water partition coefficient (Wildman–Crippen LogP) is 2.32. The molecule has 1 aromatic carbocycles. The number of esters is 2. The van der Waals surface area contributed by atoms with Gasteiger partial charge in [-0.1, -0.05) is 11.6 Å². The quantitative estimate of drug-likeness (QED) is 0.658. The number of hydrogen-bond donors (Lipinski definition) is 1. The molecule has 2 rings (SSSR count). The number of rotatable bonds is 5. The molecule has 0 unspecified atom stereocenters. The predicted molar refractivity (Wildman–Crippen MR) is 85.9 cm³/mol. The van der Waals surface area contributed by atoms with E-state index in [1.807, 2.05) is 0 Å². The third-order valence-electron chi connectivity index (χ3n) is 2.91. The maximum Gasteiger partial charge on any atom is 0.338 e. The summed E-state index contributed by atoms with van der Waals surface area (Å²) < 4.78 is 9.46. The molecule has 0 atom stereocenters. The molecule has 7 nitrogen and oxygen atoms in total. The fourth-order valence-corrected chi connectivity index (χ4v) is 1.91. The maximum atomic E-state index is 11.9. The largest absolute Gasteiger partial charge is 0.465 e. The molecule has 0 aliphatic rings. The summed E-state index contributed by atoms with van der Waals surface area (Å²) in [5, 5.41) is 2.61. The van der Waals surface area contributed by atoms with Crippen molar-refractivity contribution in [2.24, 2.45) is 0 Å². The van der Waals surface area contributed by atoms with Crippen molar-refractivity contribution in [1.82, 2.24) is 4.98 Å². The van der Waals surface area contributed by atoms with Crippen molar-refractivity contribution in [2.75, 3.05) is 19.0 Å². The number of benzene rings is 1. The molecule has 24 heavy (non-hydrogen) atoms. The summed E-state index contributed by atoms with van der Waals surface area (Å²) in [5.41, 5.74) is 0.829. The average molecular weight is 349 g/mol. The molecule has 1 aromatic heterocycles. The molecular formula is C16H13ClN2O5. The molecule has 0 aliphatic heterocycles. The van der Waals surface area contributed by atoms with E-state index in [1.165, 1.54) is 37.6 Å². The van der Waals surface area contributed by atoms with Crippen LogP contribution in [0.2, 0.25) is 5.15 Å². The van der Waals surface area contributed by atoms with E-state index in [4.69, 9.17) is 16.3 Å². The van der Waals surface area contributed by atoms with Crippen molar-refractivity contribution in [1.29, 1.82) is 0 Å². The zero-order chi connectivity index (χ0) is 17.5. The third-order valence-corrected chi connectivity index (χ3v) is 3.21. The molecule has 0 aliphatic carbocycles. The number of nitrogens with one attached hydrogen (secondary N) is 1. The molecule has 0 saturated heterocycles. The summed E-state index contributed by atoms with van der Waals surface area (Å²) in [7, 11) is 1.26. The van der Waals surface area contributed by atoms with Gasteiger partial charge >= 0.3 is 11.9 Å². The van der Waals surface area contributed by atoms with Gasteiger partial charge in [0.05, 0.1) is 23.9 Å². The van der Waals surface area contributed by atoms with Gasteiger partial charge < -0.3 is 14.8 Å². The number of aromatic nitrogens is 1. The molecular weight excluding hydrogens is 336 g/mol. The Labute approximate surface area is 142 Å². The Morgan fingerprint density at radius 2 is 1.71 bits per heavy atom. The van der Waals surface area contributed by atoms with Gasteiger partial charge in [-0.05, 0) is 36.4 Å². The highest BCUT2D eigenvalue weighted by Crippen LogP contribution is 2.17. The first-order chi connectivity index (χ1) is 11.5. The second-order valence-electron chi connectivity index (χ2n) is 4.54. The molecule has 0 radical (unpaired) electrons. The summed E-state index contributed by atoms with van der Waals surface area (Å²) in [6.07, 6.45) is 1.48. The van der Waals surface area contributed by atoms with E-state index in [0.29, 0.717) is 11.3 Å². The maximum absolute atomic E-state index is 11.9. The highest BCUT2D eigenvalue weighted by molar-refractivity contribution is 6.32. The highest BCUT2D eigenvalue weighted by atomic mass is 35.5. The summed E-state index contributed by atoms with van der Waals surface area (Å²) in [6.45, 7) is -0.483. The number of carbonyl (C=O) groups excluding carboxylic acids is 3. The Balaban J connectivity index is 1.89. The standard InChI is InChI=1S/C16H13ClN2O5/c1-23-15(21)10-4-6-11(7-5-10)16(22)24-9-13(20)19-12-3-2-8-18-14(12)17/h2-8H,9H2,1H3,(H,19,20). The summed E-state index contributed by atoms with van der Waals surface area (Å²) in [4.78, 5) is 38.7. The minimum atomic E-state index is -0.696. The Kier molecular flexibility index (Phi) is 5.86. The Morgan fingerprint density at radius 1 is 1.08 bits per heavy atom. The van der Waals surface area contributed by atoms with E-state index in [2.05, 4.69) is 15.0 Å². The molecule has 2 aromatic rings. The van der Waals surface area contributed by atoms with Crippen LogP contribution >= 0.6 is 11.6 Å². The first-order valence-corrected chi connectivity index (χ1v) is 7.15. The lowest BCUT2D eigenvalue weighted by atomic mass is 10.1. The number of amides is 1. The van der Waals surface area contributed by atoms with Gasteiger partial charge in [-0.3, -0.25) is 4.79 Å². The SMILES string of the molecule is COC(=O)c1ccc(C(=O)OCC(=O)Nc2cccnc2Cl)cc1. The smallest absolute Gasteiger partial charge is 0.338 e. The van der Waals surface area contributed by atoms with Crippen LogP contribution in [0.1, 0.15) is 20.7 Å². The number of methoxy groups -OCH3 is 1. The molecule has 1 N–H and O–H groups in total. The van der Waals surface area contributed by atoms with Crippen LogP contribution in [-0.2, 0) is 14.3 Å². The van der Waals surface area contributed by atoms with Crippen LogP contribution in [0.25, 0.3) is 0 Å². The normalized spacial score (nSPS) is 9.92. The van der Waals surface area contributed by atoms with Crippen LogP contribution in [0, 0.1) is 0 Å². The van der Waals surface area contributed by atoms with Crippen LogP contribution in [0.5, 0.6) is 0 Å². The van der Waals surface area contributed by atoms with Gasteiger partial charge in [0, 0.05) is 6.20 Å². The summed E-state index contributed by atoms with van der Waals surface area (Å²) in [5.74, 6) is -1.76. The molecule has 0 fully saturated rings. The highest BCUT2D eigenvalue weighted by Gasteiger charge is 2.13. The number of halogens is 1. The molecule has 124 valence electrons. The Morgan fingerprint density at radius 3 is 2.29 bits per heavy atom. The number of pyridine rings is 1. The van der Waals surface area contributed by atoms with E-state index in [0.717, 1.165) is 0 Å². The summed E-state index contributed by atoms with van der Waals surface area (Å²) in [6, 6.07) is 8.85. The lowest BCUT2D eigenvalue weighted by Gasteiger charge is -2.07. The molecule has 0 spiro atoms. The minimum absolute atomic E-state index is 0.135. The zero-order valence-corrected chi connectivity index (χ0v) is 13.4. The van der Waals surface area contributed by atoms with E-state index in [-0.39, 0.29) is 10.7 Å². The molecule has 0 bridgehead atoms. The van der Waals surface area contributed by atoms with Crippen molar-refractivity contribution in [3.05, 3.63) is 58.9 Å². The molecule has 0 saturated carbocycles. The van der Waals surface area contributed by atoms with Gasteiger partial charge in [-0.15, -0.1) is 0 Å². The fraction of sp³-hybridized carbons (Fsp3) is 0.125. The van der Waals surface area contributed by atoms with Crippen LogP contribution in [0.3, 0.4) is 0 Å². The number of nitrogens with zero attached hydrogens (tertiary/aromatic N) is 1. The van der Waals surface area contributed by atoms with Crippen LogP contribution < -0.4 is 5.32 Å². The van der Waals surface area contributed by atoms with Crippen molar-refractivity contribution >= 4 is 35.1 Å². The van der Waals surface area contributed by atoms with Gasteiger partial charge in [0.2, 0.25) is 0 Å². The number of carbonyl (C=O) groups is 3. The zero-order valence-electron chi connectivity index (χ0n) is 12.6. The van der Waals surface area contributed by atoms with Crippen LogP contribution in [-0.4, -0.2) is 36.5 Å². The Hall–Kier alpha value is -2.93. The van der Waals surface area contributed by atoms with Crippen LogP contribution in [0.15, 0.2) is 42.6 Å². The molecule has 1 heterocycles. The first kappa shape index (κ1) is 17.4. The average Bonchev–Trinajstić information content (AvgIpc) is 2.61. The van der Waals surface area contributed by atoms with Gasteiger partial charge in [0.1, 0.15) is 0 Å². The van der Waals surface area contributed by atoms with Gasteiger partial charge in [0.15, 0.2) is 11.8 Å². The molecule has 8 heteroatoms. The monoisotopic (exact) mass is 348 g/mol. The second kappa shape index (κ2) is 8.07. The van der Waals surface area contributed by atoms with E-state index < -0.39 is 24.5 Å². The van der Waals surface area contributed by atoms with Gasteiger partial charge in [-0.25, -0.2) is 14.6 Å². The van der Waals surface area contributed by atoms with Gasteiger partial charge in [0.25, 0.3) is 5.91 Å². The summed E-state index contributed by atoms with van der Waals surface area (Å²) >= 11 is 5.81. The first-order valence-electron chi connectivity index (χ1n) is 6.77. The van der Waals surface area contributed by atoms with Gasteiger partial charge in [-0.2, -0.15) is 0 Å². The second-order valence-corrected chi connectivity index (χ2v) is 4.89. The molecule has 1 amide bonds. The van der Waals surface area contributed by atoms with Crippen molar-refractivity contribution < 1.29 is 23.9 Å². The van der Waals surface area contributed by atoms with E-state index in [1.54, 1.807) is 12.1 Å². The minimum Gasteiger partial charge on any atom is -0.465 e. The lowest BCUT2D eigenvalue weighted by Crippen LogP contribution is -2.21. The van der Waals surface area contributed by atoms with E-state index >= 15 is 0 Å². The topological polar surface area (TPSA) is 94.6 Å². The van der Waals surface area contributed by atoms with Crippen molar-refractivity contribution in [2.45, 2.75) is 0 Å². The third kappa shape index (κ3) is 4.53. The number of anilines is 1. The fourth-order valence-electron chi connectivity index (χ4n) is 1.74.